The highest BCUT2D eigenvalue weighted by Crippen LogP contribution is 2.44. The third-order valence-electron chi connectivity index (χ3n) is 4.01. The first kappa shape index (κ1) is 12.4. The van der Waals surface area contributed by atoms with Crippen molar-refractivity contribution in [1.82, 2.24) is 14.8 Å². The molecule has 3 rings (SSSR count). The lowest BCUT2D eigenvalue weighted by molar-refractivity contribution is 0.473. The van der Waals surface area contributed by atoms with E-state index in [1.165, 1.54) is 12.8 Å². The van der Waals surface area contributed by atoms with E-state index in [-0.39, 0.29) is 11.2 Å². The van der Waals surface area contributed by atoms with Gasteiger partial charge in [-0.1, -0.05) is 13.3 Å². The Morgan fingerprint density at radius 1 is 1.22 bits per heavy atom. The van der Waals surface area contributed by atoms with E-state index in [1.54, 1.807) is 4.57 Å². The summed E-state index contributed by atoms with van der Waals surface area (Å²) in [6.07, 6.45) is 5.39. The van der Waals surface area contributed by atoms with Crippen LogP contribution in [0, 0.1) is 5.92 Å². The summed E-state index contributed by atoms with van der Waals surface area (Å²) in [5.41, 5.74) is 0. The third kappa shape index (κ3) is 2.05. The van der Waals surface area contributed by atoms with Crippen LogP contribution in [0.1, 0.15) is 56.8 Å². The Morgan fingerprint density at radius 3 is 2.44 bits per heavy atom. The van der Waals surface area contributed by atoms with Crippen molar-refractivity contribution in [3.05, 3.63) is 5.82 Å². The first-order chi connectivity index (χ1) is 8.48. The highest BCUT2D eigenvalue weighted by molar-refractivity contribution is 8.13. The van der Waals surface area contributed by atoms with Gasteiger partial charge in [0.1, 0.15) is 5.82 Å². The normalized spacial score (nSPS) is 28.8. The second-order valence-corrected chi connectivity index (χ2v) is 7.85. The Hall–Kier alpha value is -0.620. The molecule has 7 heteroatoms. The second-order valence-electron chi connectivity index (χ2n) is 5.39. The average molecular weight is 290 g/mol. The minimum atomic E-state index is -3.80. The molecule has 0 N–H and O–H groups in total. The van der Waals surface area contributed by atoms with Crippen molar-refractivity contribution in [2.45, 2.75) is 56.1 Å². The maximum atomic E-state index is 11.5. The molecule has 18 heavy (non-hydrogen) atoms. The molecule has 2 unspecified atom stereocenters. The van der Waals surface area contributed by atoms with Crippen molar-refractivity contribution in [2.75, 3.05) is 0 Å². The van der Waals surface area contributed by atoms with Gasteiger partial charge in [-0.15, -0.1) is 10.2 Å². The second kappa shape index (κ2) is 4.20. The van der Waals surface area contributed by atoms with Gasteiger partial charge in [0.05, 0.1) is 0 Å². The summed E-state index contributed by atoms with van der Waals surface area (Å²) in [7, 11) is 1.64. The molecule has 2 saturated carbocycles. The molecule has 0 saturated heterocycles. The van der Waals surface area contributed by atoms with E-state index in [2.05, 4.69) is 17.1 Å². The van der Waals surface area contributed by atoms with E-state index in [0.717, 1.165) is 25.1 Å². The van der Waals surface area contributed by atoms with Gasteiger partial charge in [0.15, 0.2) is 0 Å². The largest absolute Gasteiger partial charge is 0.297 e. The van der Waals surface area contributed by atoms with E-state index in [0.29, 0.717) is 11.8 Å². The van der Waals surface area contributed by atoms with Crippen LogP contribution in [0.5, 0.6) is 0 Å². The Kier molecular flexibility index (Phi) is 2.90. The summed E-state index contributed by atoms with van der Waals surface area (Å²) in [5, 5.41) is 7.88. The van der Waals surface area contributed by atoms with Gasteiger partial charge in [-0.2, -0.15) is 0 Å². The minimum absolute atomic E-state index is 0.0687. The van der Waals surface area contributed by atoms with Gasteiger partial charge in [-0.3, -0.25) is 4.57 Å². The van der Waals surface area contributed by atoms with E-state index in [1.807, 2.05) is 0 Å². The zero-order valence-electron chi connectivity index (χ0n) is 10.2. The lowest BCUT2D eigenvalue weighted by Crippen LogP contribution is -2.13. The lowest BCUT2D eigenvalue weighted by atomic mass is 9.97. The molecule has 2 atom stereocenters. The Balaban J connectivity index is 2.07. The SMILES string of the molecule is CC1CCCC1c1nnc(S(=O)(=O)Cl)n1C1CC1. The predicted octanol–water partition coefficient (Wildman–Crippen LogP) is 2.44. The molecule has 1 aromatic heterocycles. The monoisotopic (exact) mass is 289 g/mol. The van der Waals surface area contributed by atoms with Gasteiger partial charge >= 0.3 is 0 Å². The summed E-state index contributed by atoms with van der Waals surface area (Å²) < 4.78 is 24.8. The smallest absolute Gasteiger partial charge is 0.296 e. The predicted molar refractivity (Wildman–Crippen MR) is 67.1 cm³/mol. The maximum absolute atomic E-state index is 11.5. The number of hydrogen-bond donors (Lipinski definition) is 0. The molecule has 0 aromatic carbocycles. The van der Waals surface area contributed by atoms with Crippen molar-refractivity contribution in [2.24, 2.45) is 5.92 Å². The van der Waals surface area contributed by atoms with Crippen molar-refractivity contribution in [3.8, 4) is 0 Å². The third-order valence-corrected chi connectivity index (χ3v) is 5.14. The van der Waals surface area contributed by atoms with Crippen LogP contribution in [-0.4, -0.2) is 23.2 Å². The minimum Gasteiger partial charge on any atom is -0.297 e. The standard InChI is InChI=1S/C11H16ClN3O2S/c1-7-3-2-4-9(7)10-13-14-11(18(12,16)17)15(10)8-5-6-8/h7-9H,2-6H2,1H3. The molecule has 0 bridgehead atoms. The summed E-state index contributed by atoms with van der Waals surface area (Å²) in [6, 6.07) is 0.228. The van der Waals surface area contributed by atoms with Crippen molar-refractivity contribution < 1.29 is 8.42 Å². The Morgan fingerprint density at radius 2 is 1.94 bits per heavy atom. The summed E-state index contributed by atoms with van der Waals surface area (Å²) in [6.45, 7) is 2.19. The van der Waals surface area contributed by atoms with Crippen LogP contribution in [0.25, 0.3) is 0 Å². The molecule has 0 radical (unpaired) electrons. The van der Waals surface area contributed by atoms with Crippen LogP contribution < -0.4 is 0 Å². The Bertz CT molecular complexity index is 565. The molecule has 0 spiro atoms. The van der Waals surface area contributed by atoms with Crippen LogP contribution >= 0.6 is 10.7 Å². The number of nitrogens with zero attached hydrogens (tertiary/aromatic N) is 3. The van der Waals surface area contributed by atoms with E-state index >= 15 is 0 Å². The first-order valence-corrected chi connectivity index (χ1v) is 8.69. The zero-order valence-corrected chi connectivity index (χ0v) is 11.8. The highest BCUT2D eigenvalue weighted by Gasteiger charge is 2.38. The molecule has 100 valence electrons. The number of halogens is 1. The molecular weight excluding hydrogens is 274 g/mol. The van der Waals surface area contributed by atoms with Crippen molar-refractivity contribution in [1.29, 1.82) is 0 Å². The molecule has 2 aliphatic rings. The summed E-state index contributed by atoms with van der Waals surface area (Å²) in [4.78, 5) is 0. The molecule has 0 amide bonds. The Labute approximate surface area is 111 Å². The van der Waals surface area contributed by atoms with Gasteiger partial charge < -0.3 is 0 Å². The van der Waals surface area contributed by atoms with Crippen LogP contribution in [0.15, 0.2) is 5.16 Å². The van der Waals surface area contributed by atoms with E-state index < -0.39 is 9.05 Å². The molecule has 0 aliphatic heterocycles. The van der Waals surface area contributed by atoms with E-state index in [4.69, 9.17) is 10.7 Å². The van der Waals surface area contributed by atoms with Gasteiger partial charge in [-0.25, -0.2) is 8.42 Å². The van der Waals surface area contributed by atoms with Gasteiger partial charge in [-0.05, 0) is 31.6 Å². The molecule has 1 aromatic rings. The zero-order chi connectivity index (χ0) is 12.9. The average Bonchev–Trinajstić information content (AvgIpc) is 2.86. The van der Waals surface area contributed by atoms with Gasteiger partial charge in [0, 0.05) is 22.6 Å². The fourth-order valence-electron chi connectivity index (χ4n) is 2.91. The van der Waals surface area contributed by atoms with E-state index in [9.17, 15) is 8.42 Å². The molecule has 2 aliphatic carbocycles. The fraction of sp³-hybridized carbons (Fsp3) is 0.818. The quantitative estimate of drug-likeness (QED) is 0.802. The fourth-order valence-corrected chi connectivity index (χ4v) is 3.84. The molecular formula is C11H16ClN3O2S. The molecule has 2 fully saturated rings. The maximum Gasteiger partial charge on any atom is 0.296 e. The molecule has 1 heterocycles. The van der Waals surface area contributed by atoms with Crippen molar-refractivity contribution in [3.63, 3.8) is 0 Å². The van der Waals surface area contributed by atoms with Crippen LogP contribution in [0.4, 0.5) is 0 Å². The number of aromatic nitrogens is 3. The van der Waals surface area contributed by atoms with Crippen LogP contribution in [-0.2, 0) is 9.05 Å². The summed E-state index contributed by atoms with van der Waals surface area (Å²) >= 11 is 0. The van der Waals surface area contributed by atoms with Crippen molar-refractivity contribution >= 4 is 19.7 Å². The lowest BCUT2D eigenvalue weighted by Gasteiger charge is -2.16. The van der Waals surface area contributed by atoms with Crippen LogP contribution in [0.2, 0.25) is 0 Å². The topological polar surface area (TPSA) is 64.8 Å². The molecule has 5 nitrogen and oxygen atoms in total. The van der Waals surface area contributed by atoms with Gasteiger partial charge in [0.25, 0.3) is 14.2 Å². The number of rotatable bonds is 3. The first-order valence-electron chi connectivity index (χ1n) is 6.38. The summed E-state index contributed by atoms with van der Waals surface area (Å²) in [5.74, 6) is 1.68. The number of hydrogen-bond acceptors (Lipinski definition) is 4. The van der Waals surface area contributed by atoms with Crippen LogP contribution in [0.3, 0.4) is 0 Å². The van der Waals surface area contributed by atoms with Gasteiger partial charge in [0.2, 0.25) is 0 Å². The highest BCUT2D eigenvalue weighted by atomic mass is 35.7.